The molecule has 0 saturated carbocycles. The summed E-state index contributed by atoms with van der Waals surface area (Å²) < 4.78 is 2.08. The van der Waals surface area contributed by atoms with E-state index in [4.69, 9.17) is 0 Å². The zero-order chi connectivity index (χ0) is 24.4. The molecule has 1 fully saturated rings. The van der Waals surface area contributed by atoms with Crippen molar-refractivity contribution in [2.75, 3.05) is 33.2 Å². The van der Waals surface area contributed by atoms with Crippen LogP contribution >= 0.6 is 0 Å². The summed E-state index contributed by atoms with van der Waals surface area (Å²) in [5, 5.41) is 4.31. The number of carbonyl (C=O) groups excluding carboxylic acids is 2. The second-order valence-corrected chi connectivity index (χ2v) is 10.0. The molecular formula is C29H36N4O2. The topological polar surface area (TPSA) is 57.6 Å². The van der Waals surface area contributed by atoms with Gasteiger partial charge < -0.3 is 19.7 Å². The molecule has 6 heteroatoms. The molecule has 1 saturated heterocycles. The molecule has 184 valence electrons. The lowest BCUT2D eigenvalue weighted by atomic mass is 9.79. The van der Waals surface area contributed by atoms with Crippen LogP contribution in [0, 0.1) is 0 Å². The fraction of sp³-hybridized carbons (Fsp3) is 0.448. The Bertz CT molecular complexity index is 1210. The molecule has 5 rings (SSSR count). The number of nitrogens with zero attached hydrogens (tertiary/aromatic N) is 3. The lowest BCUT2D eigenvalue weighted by Crippen LogP contribution is -2.46. The Morgan fingerprint density at radius 3 is 2.46 bits per heavy atom. The second kappa shape index (κ2) is 10.2. The van der Waals surface area contributed by atoms with Gasteiger partial charge in [0, 0.05) is 48.9 Å². The minimum absolute atomic E-state index is 0.00870. The first-order valence-electron chi connectivity index (χ1n) is 13.0. The Balaban J connectivity index is 1.42. The first kappa shape index (κ1) is 23.6. The molecule has 0 aliphatic carbocycles. The number of fused-ring (bicyclic) bond motifs is 2. The van der Waals surface area contributed by atoms with Crippen LogP contribution in [0.4, 0.5) is 0 Å². The van der Waals surface area contributed by atoms with Crippen LogP contribution in [0.3, 0.4) is 0 Å². The summed E-state index contributed by atoms with van der Waals surface area (Å²) in [6.07, 6.45) is 8.23. The van der Waals surface area contributed by atoms with Crippen LogP contribution in [0.2, 0.25) is 0 Å². The third-order valence-electron chi connectivity index (χ3n) is 7.76. The summed E-state index contributed by atoms with van der Waals surface area (Å²) in [6, 6.07) is 15.4. The Morgan fingerprint density at radius 1 is 0.943 bits per heavy atom. The van der Waals surface area contributed by atoms with Gasteiger partial charge in [-0.15, -0.1) is 0 Å². The number of aromatic nitrogens is 1. The number of rotatable bonds is 6. The van der Waals surface area contributed by atoms with E-state index in [-0.39, 0.29) is 17.9 Å². The van der Waals surface area contributed by atoms with Gasteiger partial charge in [0.1, 0.15) is 0 Å². The number of nitrogens with one attached hydrogen (secondary N) is 1. The summed E-state index contributed by atoms with van der Waals surface area (Å²) in [6.45, 7) is 4.00. The van der Waals surface area contributed by atoms with Crippen molar-refractivity contribution in [3.63, 3.8) is 0 Å². The Kier molecular flexibility index (Phi) is 6.91. The molecule has 0 spiro atoms. The smallest absolute Gasteiger partial charge is 0.254 e. The monoisotopic (exact) mass is 472 g/mol. The Morgan fingerprint density at radius 2 is 1.66 bits per heavy atom. The predicted molar refractivity (Wildman–Crippen MR) is 139 cm³/mol. The SMILES string of the molecule is CN1C(=O)c2ccccc2C(C(=O)NCCCN2CCCCCC2)C1c1cn(C)c2ccccc12. The molecule has 1 aromatic heterocycles. The van der Waals surface area contributed by atoms with E-state index in [1.165, 1.54) is 38.8 Å². The second-order valence-electron chi connectivity index (χ2n) is 10.0. The van der Waals surface area contributed by atoms with Crippen molar-refractivity contribution in [3.05, 3.63) is 71.4 Å². The van der Waals surface area contributed by atoms with Crippen molar-refractivity contribution >= 4 is 22.7 Å². The quantitative estimate of drug-likeness (QED) is 0.539. The van der Waals surface area contributed by atoms with Crippen molar-refractivity contribution in [2.45, 2.75) is 44.1 Å². The summed E-state index contributed by atoms with van der Waals surface area (Å²) >= 11 is 0. The fourth-order valence-electron chi connectivity index (χ4n) is 5.94. The highest BCUT2D eigenvalue weighted by Crippen LogP contribution is 2.44. The maximum Gasteiger partial charge on any atom is 0.254 e. The third kappa shape index (κ3) is 4.59. The van der Waals surface area contributed by atoms with Gasteiger partial charge in [0.05, 0.1) is 12.0 Å². The number of benzene rings is 2. The van der Waals surface area contributed by atoms with Gasteiger partial charge in [-0.25, -0.2) is 0 Å². The molecule has 2 aliphatic heterocycles. The molecular weight excluding hydrogens is 436 g/mol. The maximum atomic E-state index is 13.8. The molecule has 2 aromatic carbocycles. The molecule has 2 unspecified atom stereocenters. The molecule has 0 bridgehead atoms. The highest BCUT2D eigenvalue weighted by Gasteiger charge is 2.43. The van der Waals surface area contributed by atoms with Gasteiger partial charge in [-0.3, -0.25) is 9.59 Å². The van der Waals surface area contributed by atoms with E-state index in [1.54, 1.807) is 4.90 Å². The number of likely N-dealkylation sites (tertiary alicyclic amines) is 1. The number of amides is 2. The molecule has 6 nitrogen and oxygen atoms in total. The van der Waals surface area contributed by atoms with Gasteiger partial charge in [-0.1, -0.05) is 49.2 Å². The van der Waals surface area contributed by atoms with Crippen molar-refractivity contribution in [3.8, 4) is 0 Å². The maximum absolute atomic E-state index is 13.8. The zero-order valence-corrected chi connectivity index (χ0v) is 20.9. The van der Waals surface area contributed by atoms with Crippen LogP contribution in [-0.2, 0) is 11.8 Å². The number of hydrogen-bond donors (Lipinski definition) is 1. The summed E-state index contributed by atoms with van der Waals surface area (Å²) in [4.78, 5) is 31.4. The van der Waals surface area contributed by atoms with Gasteiger partial charge in [0.15, 0.2) is 0 Å². The van der Waals surface area contributed by atoms with E-state index in [0.717, 1.165) is 35.0 Å². The normalized spacial score (nSPS) is 21.1. The minimum Gasteiger partial charge on any atom is -0.355 e. The molecule has 35 heavy (non-hydrogen) atoms. The fourth-order valence-corrected chi connectivity index (χ4v) is 5.94. The van der Waals surface area contributed by atoms with Crippen LogP contribution in [0.15, 0.2) is 54.7 Å². The van der Waals surface area contributed by atoms with Crippen LogP contribution in [0.5, 0.6) is 0 Å². The van der Waals surface area contributed by atoms with Gasteiger partial charge in [0.2, 0.25) is 5.91 Å². The largest absolute Gasteiger partial charge is 0.355 e. The van der Waals surface area contributed by atoms with Gasteiger partial charge in [0.25, 0.3) is 5.91 Å². The molecule has 3 heterocycles. The minimum atomic E-state index is -0.460. The van der Waals surface area contributed by atoms with Crippen LogP contribution in [0.1, 0.15) is 65.5 Å². The van der Waals surface area contributed by atoms with Crippen LogP contribution < -0.4 is 5.32 Å². The third-order valence-corrected chi connectivity index (χ3v) is 7.76. The first-order chi connectivity index (χ1) is 17.1. The Labute approximate surface area is 207 Å². The van der Waals surface area contributed by atoms with Crippen molar-refractivity contribution in [1.29, 1.82) is 0 Å². The molecule has 2 atom stereocenters. The van der Waals surface area contributed by atoms with E-state index in [1.807, 2.05) is 50.5 Å². The van der Waals surface area contributed by atoms with E-state index >= 15 is 0 Å². The van der Waals surface area contributed by atoms with Crippen LogP contribution in [0.25, 0.3) is 10.9 Å². The molecule has 1 N–H and O–H groups in total. The van der Waals surface area contributed by atoms with E-state index < -0.39 is 5.92 Å². The van der Waals surface area contributed by atoms with Gasteiger partial charge >= 0.3 is 0 Å². The van der Waals surface area contributed by atoms with E-state index in [0.29, 0.717) is 12.1 Å². The number of hydrogen-bond acceptors (Lipinski definition) is 3. The first-order valence-corrected chi connectivity index (χ1v) is 13.0. The number of aryl methyl sites for hydroxylation is 1. The Hall–Kier alpha value is -3.12. The summed E-state index contributed by atoms with van der Waals surface area (Å²) in [5.74, 6) is -0.507. The van der Waals surface area contributed by atoms with Crippen LogP contribution in [-0.4, -0.2) is 59.4 Å². The summed E-state index contributed by atoms with van der Waals surface area (Å²) in [5.41, 5.74) is 3.55. The lowest BCUT2D eigenvalue weighted by molar-refractivity contribution is -0.124. The molecule has 3 aromatic rings. The van der Waals surface area contributed by atoms with Gasteiger partial charge in [-0.2, -0.15) is 0 Å². The van der Waals surface area contributed by atoms with Gasteiger partial charge in [-0.05, 0) is 56.6 Å². The molecule has 2 aliphatic rings. The van der Waals surface area contributed by atoms with E-state index in [2.05, 4.69) is 33.1 Å². The lowest BCUT2D eigenvalue weighted by Gasteiger charge is -2.39. The average molecular weight is 473 g/mol. The predicted octanol–water partition coefficient (Wildman–Crippen LogP) is 4.47. The number of likely N-dealkylation sites (N-methyl/N-ethyl adjacent to an activating group) is 1. The van der Waals surface area contributed by atoms with Crippen molar-refractivity contribution in [2.24, 2.45) is 7.05 Å². The van der Waals surface area contributed by atoms with Crippen molar-refractivity contribution in [1.82, 2.24) is 19.7 Å². The highest BCUT2D eigenvalue weighted by molar-refractivity contribution is 6.02. The average Bonchev–Trinajstić information content (AvgIpc) is 3.03. The standard InChI is InChI=1S/C29H36N4O2/c1-31-20-24(21-12-7-8-15-25(21)31)27-26(22-13-5-6-14-23(22)29(35)32(27)2)28(34)30-16-11-19-33-17-9-3-4-10-18-33/h5-8,12-15,20,26-27H,3-4,9-11,16-19H2,1-2H3,(H,30,34). The number of para-hydroxylation sites is 1. The molecule has 0 radical (unpaired) electrons. The summed E-state index contributed by atoms with van der Waals surface area (Å²) in [7, 11) is 3.84. The molecule has 2 amide bonds. The van der Waals surface area contributed by atoms with Crippen molar-refractivity contribution < 1.29 is 9.59 Å². The highest BCUT2D eigenvalue weighted by atomic mass is 16.2. The number of carbonyl (C=O) groups is 2. The van der Waals surface area contributed by atoms with E-state index in [9.17, 15) is 9.59 Å². The zero-order valence-electron chi connectivity index (χ0n) is 20.9.